The smallest absolute Gasteiger partial charge is 0.319 e. The van der Waals surface area contributed by atoms with Crippen molar-refractivity contribution >= 4 is 39.2 Å². The molecule has 0 aromatic heterocycles. The van der Waals surface area contributed by atoms with E-state index in [1.54, 1.807) is 25.1 Å². The molecule has 1 unspecified atom stereocenters. The summed E-state index contributed by atoms with van der Waals surface area (Å²) in [6, 6.07) is 4.79. The van der Waals surface area contributed by atoms with Gasteiger partial charge < -0.3 is 15.7 Å². The Hall–Kier alpha value is -0.780. The van der Waals surface area contributed by atoms with Gasteiger partial charge in [0.25, 0.3) is 0 Å². The summed E-state index contributed by atoms with van der Waals surface area (Å²) in [4.78, 5) is 11.8. The Labute approximate surface area is 120 Å². The van der Waals surface area contributed by atoms with E-state index in [-0.39, 0.29) is 6.61 Å². The molecule has 0 aliphatic heterocycles. The molecule has 0 aliphatic carbocycles. The van der Waals surface area contributed by atoms with Crippen molar-refractivity contribution in [1.29, 1.82) is 0 Å². The monoisotopic (exact) mass is 334 g/mol. The molecule has 0 radical (unpaired) electrons. The molecular formula is C12H16BrClN2O2. The number of halogens is 2. The lowest BCUT2D eigenvalue weighted by Crippen LogP contribution is -2.50. The van der Waals surface area contributed by atoms with Crippen molar-refractivity contribution in [3.63, 3.8) is 0 Å². The summed E-state index contributed by atoms with van der Waals surface area (Å²) in [5.41, 5.74) is -0.111. The first-order chi connectivity index (χ1) is 8.40. The van der Waals surface area contributed by atoms with Crippen LogP contribution in [0.5, 0.6) is 0 Å². The van der Waals surface area contributed by atoms with Crippen LogP contribution >= 0.6 is 27.5 Å². The summed E-state index contributed by atoms with van der Waals surface area (Å²) in [7, 11) is 0. The minimum absolute atomic E-state index is 0.120. The molecule has 1 atom stereocenters. The van der Waals surface area contributed by atoms with Crippen molar-refractivity contribution in [2.75, 3.05) is 11.9 Å². The van der Waals surface area contributed by atoms with Crippen LogP contribution < -0.4 is 10.6 Å². The van der Waals surface area contributed by atoms with Crippen LogP contribution in [0.3, 0.4) is 0 Å². The van der Waals surface area contributed by atoms with Gasteiger partial charge in [-0.1, -0.05) is 34.5 Å². The fourth-order valence-corrected chi connectivity index (χ4v) is 1.98. The van der Waals surface area contributed by atoms with Crippen molar-refractivity contribution in [2.45, 2.75) is 25.8 Å². The number of benzene rings is 1. The number of hydrogen-bond donors (Lipinski definition) is 3. The summed E-state index contributed by atoms with van der Waals surface area (Å²) in [5, 5.41) is 15.0. The van der Waals surface area contributed by atoms with Gasteiger partial charge in [-0.25, -0.2) is 4.79 Å². The maximum absolute atomic E-state index is 11.8. The number of hydrogen-bond acceptors (Lipinski definition) is 2. The Balaban J connectivity index is 2.70. The van der Waals surface area contributed by atoms with E-state index in [4.69, 9.17) is 11.6 Å². The predicted octanol–water partition coefficient (Wildman–Crippen LogP) is 3.39. The molecule has 0 aliphatic rings. The maximum Gasteiger partial charge on any atom is 0.319 e. The zero-order chi connectivity index (χ0) is 13.8. The van der Waals surface area contributed by atoms with Gasteiger partial charge in [-0.2, -0.15) is 0 Å². The summed E-state index contributed by atoms with van der Waals surface area (Å²) < 4.78 is 0.840. The first kappa shape index (κ1) is 15.3. The topological polar surface area (TPSA) is 61.4 Å². The van der Waals surface area contributed by atoms with Gasteiger partial charge in [0, 0.05) is 4.47 Å². The van der Waals surface area contributed by atoms with Gasteiger partial charge in [-0.3, -0.25) is 0 Å². The third-order valence-corrected chi connectivity index (χ3v) is 3.53. The molecule has 3 N–H and O–H groups in total. The highest BCUT2D eigenvalue weighted by atomic mass is 79.9. The Morgan fingerprint density at radius 2 is 2.22 bits per heavy atom. The number of carbonyl (C=O) groups excluding carboxylic acids is 1. The molecule has 6 heteroatoms. The molecule has 1 aromatic rings. The molecule has 0 heterocycles. The number of nitrogens with one attached hydrogen (secondary N) is 2. The molecule has 0 saturated carbocycles. The van der Waals surface area contributed by atoms with Crippen LogP contribution in [0.15, 0.2) is 22.7 Å². The van der Waals surface area contributed by atoms with E-state index in [0.29, 0.717) is 17.1 Å². The van der Waals surface area contributed by atoms with E-state index in [1.165, 1.54) is 0 Å². The third kappa shape index (κ3) is 4.15. The average molecular weight is 336 g/mol. The van der Waals surface area contributed by atoms with Gasteiger partial charge in [-0.15, -0.1) is 0 Å². The number of aliphatic hydroxyl groups is 1. The minimum Gasteiger partial charge on any atom is -0.394 e. The summed E-state index contributed by atoms with van der Waals surface area (Å²) in [6.07, 6.45) is 0.630. The Bertz CT molecular complexity index is 436. The van der Waals surface area contributed by atoms with Crippen LogP contribution in [-0.2, 0) is 0 Å². The van der Waals surface area contributed by atoms with E-state index in [1.807, 2.05) is 6.92 Å². The van der Waals surface area contributed by atoms with E-state index < -0.39 is 11.6 Å². The first-order valence-electron chi connectivity index (χ1n) is 5.55. The van der Waals surface area contributed by atoms with Crippen LogP contribution in [-0.4, -0.2) is 23.3 Å². The Kier molecular flexibility index (Phi) is 5.44. The van der Waals surface area contributed by atoms with Crippen molar-refractivity contribution in [3.05, 3.63) is 27.7 Å². The van der Waals surface area contributed by atoms with E-state index in [2.05, 4.69) is 26.6 Å². The second-order valence-corrected chi connectivity index (χ2v) is 5.60. The van der Waals surface area contributed by atoms with Crippen LogP contribution in [0.2, 0.25) is 5.02 Å². The zero-order valence-corrected chi connectivity index (χ0v) is 12.6. The quantitative estimate of drug-likeness (QED) is 0.790. The van der Waals surface area contributed by atoms with Gasteiger partial charge in [0.1, 0.15) is 0 Å². The normalized spacial score (nSPS) is 13.8. The molecule has 18 heavy (non-hydrogen) atoms. The summed E-state index contributed by atoms with van der Waals surface area (Å²) in [5.74, 6) is 0. The first-order valence-corrected chi connectivity index (χ1v) is 6.72. The van der Waals surface area contributed by atoms with Crippen LogP contribution in [0, 0.1) is 0 Å². The van der Waals surface area contributed by atoms with Crippen molar-refractivity contribution in [2.24, 2.45) is 0 Å². The summed E-state index contributed by atoms with van der Waals surface area (Å²) in [6.45, 7) is 3.55. The maximum atomic E-state index is 11.8. The van der Waals surface area contributed by atoms with Gasteiger partial charge in [-0.05, 0) is 31.5 Å². The molecule has 2 amide bonds. The Morgan fingerprint density at radius 1 is 1.56 bits per heavy atom. The lowest BCUT2D eigenvalue weighted by Gasteiger charge is -2.27. The zero-order valence-electron chi connectivity index (χ0n) is 10.3. The van der Waals surface area contributed by atoms with Crippen molar-refractivity contribution < 1.29 is 9.90 Å². The predicted molar refractivity (Wildman–Crippen MR) is 77.1 cm³/mol. The lowest BCUT2D eigenvalue weighted by molar-refractivity contribution is 0.172. The highest BCUT2D eigenvalue weighted by molar-refractivity contribution is 9.10. The number of aliphatic hydroxyl groups excluding tert-OH is 1. The van der Waals surface area contributed by atoms with Gasteiger partial charge in [0.15, 0.2) is 0 Å². The second-order valence-electron chi connectivity index (χ2n) is 4.28. The van der Waals surface area contributed by atoms with E-state index in [9.17, 15) is 9.90 Å². The second kappa shape index (κ2) is 6.41. The minimum atomic E-state index is -0.633. The highest BCUT2D eigenvalue weighted by Gasteiger charge is 2.23. The number of anilines is 1. The number of urea groups is 1. The van der Waals surface area contributed by atoms with Crippen LogP contribution in [0.4, 0.5) is 10.5 Å². The molecule has 0 spiro atoms. The highest BCUT2D eigenvalue weighted by Crippen LogP contribution is 2.25. The molecular weight excluding hydrogens is 320 g/mol. The SMILES string of the molecule is CCC(C)(CO)NC(=O)Nc1ccc(Br)cc1Cl. The Morgan fingerprint density at radius 3 is 2.72 bits per heavy atom. The lowest BCUT2D eigenvalue weighted by atomic mass is 10.0. The largest absolute Gasteiger partial charge is 0.394 e. The number of amides is 2. The molecule has 0 saturated heterocycles. The third-order valence-electron chi connectivity index (χ3n) is 2.72. The fourth-order valence-electron chi connectivity index (χ4n) is 1.26. The van der Waals surface area contributed by atoms with E-state index >= 15 is 0 Å². The molecule has 0 bridgehead atoms. The fraction of sp³-hybridized carbons (Fsp3) is 0.417. The molecule has 1 aromatic carbocycles. The van der Waals surface area contributed by atoms with Crippen molar-refractivity contribution in [1.82, 2.24) is 5.32 Å². The molecule has 4 nitrogen and oxygen atoms in total. The number of rotatable bonds is 4. The molecule has 1 rings (SSSR count). The van der Waals surface area contributed by atoms with Gasteiger partial charge in [0.05, 0.1) is 22.9 Å². The van der Waals surface area contributed by atoms with Crippen LogP contribution in [0.1, 0.15) is 20.3 Å². The van der Waals surface area contributed by atoms with Gasteiger partial charge in [0.2, 0.25) is 0 Å². The molecule has 0 fully saturated rings. The number of carbonyl (C=O) groups is 1. The average Bonchev–Trinajstić information content (AvgIpc) is 2.32. The van der Waals surface area contributed by atoms with Crippen LogP contribution in [0.25, 0.3) is 0 Å². The standard InChI is InChI=1S/C12H16BrClN2O2/c1-3-12(2,7-17)16-11(18)15-10-5-4-8(13)6-9(10)14/h4-6,17H,3,7H2,1-2H3,(H2,15,16,18). The van der Waals surface area contributed by atoms with Gasteiger partial charge >= 0.3 is 6.03 Å². The molecule has 100 valence electrons. The summed E-state index contributed by atoms with van der Waals surface area (Å²) >= 11 is 9.28. The van der Waals surface area contributed by atoms with Crippen molar-refractivity contribution in [3.8, 4) is 0 Å². The van der Waals surface area contributed by atoms with E-state index in [0.717, 1.165) is 4.47 Å².